The standard InChI is InChI=1S/C11H23NO3/c1-8(2)9(10(13)15-5)12-7-6-11(3,4)14/h8-9,12,14H,6-7H2,1-5H3. The molecule has 0 bridgehead atoms. The van der Waals surface area contributed by atoms with E-state index in [0.29, 0.717) is 13.0 Å². The maximum Gasteiger partial charge on any atom is 0.323 e. The molecular formula is C11H23NO3. The first-order valence-corrected chi connectivity index (χ1v) is 5.31. The fourth-order valence-electron chi connectivity index (χ4n) is 1.25. The van der Waals surface area contributed by atoms with E-state index in [1.165, 1.54) is 7.11 Å². The van der Waals surface area contributed by atoms with Gasteiger partial charge in [-0.25, -0.2) is 0 Å². The number of nitrogens with one attached hydrogen (secondary N) is 1. The van der Waals surface area contributed by atoms with E-state index >= 15 is 0 Å². The molecule has 0 aliphatic carbocycles. The Balaban J connectivity index is 4.04. The highest BCUT2D eigenvalue weighted by Gasteiger charge is 2.23. The average molecular weight is 217 g/mol. The van der Waals surface area contributed by atoms with Crippen LogP contribution in [0.25, 0.3) is 0 Å². The largest absolute Gasteiger partial charge is 0.468 e. The third-order valence-corrected chi connectivity index (χ3v) is 2.22. The smallest absolute Gasteiger partial charge is 0.323 e. The van der Waals surface area contributed by atoms with Crippen molar-refractivity contribution in [2.45, 2.75) is 45.8 Å². The highest BCUT2D eigenvalue weighted by molar-refractivity contribution is 5.75. The van der Waals surface area contributed by atoms with E-state index in [0.717, 1.165) is 0 Å². The average Bonchev–Trinajstić information content (AvgIpc) is 2.09. The first kappa shape index (κ1) is 14.4. The van der Waals surface area contributed by atoms with E-state index in [2.05, 4.69) is 5.32 Å². The Morgan fingerprint density at radius 1 is 1.47 bits per heavy atom. The topological polar surface area (TPSA) is 58.6 Å². The van der Waals surface area contributed by atoms with Gasteiger partial charge in [0.25, 0.3) is 0 Å². The molecule has 0 aliphatic rings. The van der Waals surface area contributed by atoms with Gasteiger partial charge < -0.3 is 15.2 Å². The number of ether oxygens (including phenoxy) is 1. The third-order valence-electron chi connectivity index (χ3n) is 2.22. The molecule has 0 aromatic rings. The van der Waals surface area contributed by atoms with E-state index < -0.39 is 5.60 Å². The van der Waals surface area contributed by atoms with Crippen LogP contribution in [0, 0.1) is 5.92 Å². The number of carbonyl (C=O) groups is 1. The molecule has 15 heavy (non-hydrogen) atoms. The molecule has 0 amide bonds. The van der Waals surface area contributed by atoms with Crippen molar-refractivity contribution in [2.24, 2.45) is 5.92 Å². The minimum absolute atomic E-state index is 0.180. The van der Waals surface area contributed by atoms with Crippen LogP contribution in [0.4, 0.5) is 0 Å². The van der Waals surface area contributed by atoms with E-state index in [9.17, 15) is 9.90 Å². The molecule has 0 aromatic heterocycles. The lowest BCUT2D eigenvalue weighted by molar-refractivity contribution is -0.144. The quantitative estimate of drug-likeness (QED) is 0.650. The van der Waals surface area contributed by atoms with Gasteiger partial charge in [0.15, 0.2) is 0 Å². The van der Waals surface area contributed by atoms with Crippen LogP contribution in [0.15, 0.2) is 0 Å². The zero-order valence-electron chi connectivity index (χ0n) is 10.3. The fraction of sp³-hybridized carbons (Fsp3) is 0.909. The Labute approximate surface area is 92.0 Å². The van der Waals surface area contributed by atoms with Crippen LogP contribution >= 0.6 is 0 Å². The summed E-state index contributed by atoms with van der Waals surface area (Å²) in [4.78, 5) is 11.4. The molecule has 1 atom stereocenters. The Morgan fingerprint density at radius 3 is 2.33 bits per heavy atom. The SMILES string of the molecule is COC(=O)C(NCCC(C)(C)O)C(C)C. The van der Waals surface area contributed by atoms with Crippen molar-refractivity contribution >= 4 is 5.97 Å². The van der Waals surface area contributed by atoms with Gasteiger partial charge in [-0.15, -0.1) is 0 Å². The van der Waals surface area contributed by atoms with E-state index in [-0.39, 0.29) is 17.9 Å². The molecule has 0 fully saturated rings. The summed E-state index contributed by atoms with van der Waals surface area (Å²) in [7, 11) is 1.38. The van der Waals surface area contributed by atoms with Crippen molar-refractivity contribution in [3.8, 4) is 0 Å². The van der Waals surface area contributed by atoms with Crippen molar-refractivity contribution in [3.05, 3.63) is 0 Å². The molecular weight excluding hydrogens is 194 g/mol. The van der Waals surface area contributed by atoms with Crippen molar-refractivity contribution < 1.29 is 14.6 Å². The highest BCUT2D eigenvalue weighted by atomic mass is 16.5. The molecule has 0 saturated heterocycles. The number of esters is 1. The minimum Gasteiger partial charge on any atom is -0.468 e. The fourth-order valence-corrected chi connectivity index (χ4v) is 1.25. The molecule has 0 heterocycles. The van der Waals surface area contributed by atoms with Gasteiger partial charge in [0.05, 0.1) is 12.7 Å². The molecule has 4 nitrogen and oxygen atoms in total. The first-order chi connectivity index (χ1) is 6.78. The summed E-state index contributed by atoms with van der Waals surface area (Å²) in [6.07, 6.45) is 0.604. The van der Waals surface area contributed by atoms with Crippen molar-refractivity contribution in [2.75, 3.05) is 13.7 Å². The second kappa shape index (κ2) is 6.08. The molecule has 0 saturated carbocycles. The van der Waals surface area contributed by atoms with Crippen LogP contribution in [0.2, 0.25) is 0 Å². The van der Waals surface area contributed by atoms with Gasteiger partial charge in [0, 0.05) is 0 Å². The maximum atomic E-state index is 11.4. The van der Waals surface area contributed by atoms with Gasteiger partial charge in [-0.1, -0.05) is 13.8 Å². The van der Waals surface area contributed by atoms with Gasteiger partial charge in [-0.2, -0.15) is 0 Å². The van der Waals surface area contributed by atoms with Gasteiger partial charge in [-0.3, -0.25) is 4.79 Å². The maximum absolute atomic E-state index is 11.4. The predicted molar refractivity (Wildman–Crippen MR) is 59.6 cm³/mol. The van der Waals surface area contributed by atoms with Crippen LogP contribution in [-0.4, -0.2) is 36.4 Å². The number of hydrogen-bond donors (Lipinski definition) is 2. The number of carbonyl (C=O) groups excluding carboxylic acids is 1. The molecule has 0 rings (SSSR count). The molecule has 0 aliphatic heterocycles. The van der Waals surface area contributed by atoms with E-state index in [1.54, 1.807) is 13.8 Å². The van der Waals surface area contributed by atoms with Crippen LogP contribution in [0.5, 0.6) is 0 Å². The normalized spacial score (nSPS) is 14.1. The Kier molecular flexibility index (Phi) is 5.83. The minimum atomic E-state index is -0.704. The number of hydrogen-bond acceptors (Lipinski definition) is 4. The lowest BCUT2D eigenvalue weighted by Crippen LogP contribution is -2.43. The summed E-state index contributed by atoms with van der Waals surface area (Å²) >= 11 is 0. The third kappa shape index (κ3) is 6.47. The summed E-state index contributed by atoms with van der Waals surface area (Å²) in [5.41, 5.74) is -0.704. The Morgan fingerprint density at radius 2 is 2.00 bits per heavy atom. The van der Waals surface area contributed by atoms with Crippen LogP contribution in [0.3, 0.4) is 0 Å². The zero-order valence-corrected chi connectivity index (χ0v) is 10.3. The molecule has 0 aromatic carbocycles. The lowest BCUT2D eigenvalue weighted by atomic mass is 10.0. The number of rotatable bonds is 6. The summed E-state index contributed by atoms with van der Waals surface area (Å²) in [6.45, 7) is 8.01. The van der Waals surface area contributed by atoms with Crippen molar-refractivity contribution in [1.82, 2.24) is 5.32 Å². The Hall–Kier alpha value is -0.610. The summed E-state index contributed by atoms with van der Waals surface area (Å²) in [5, 5.41) is 12.6. The van der Waals surface area contributed by atoms with Gasteiger partial charge in [0.2, 0.25) is 0 Å². The second-order valence-electron chi connectivity index (χ2n) is 4.76. The van der Waals surface area contributed by atoms with Crippen LogP contribution in [0.1, 0.15) is 34.1 Å². The van der Waals surface area contributed by atoms with E-state index in [4.69, 9.17) is 4.74 Å². The van der Waals surface area contributed by atoms with Crippen molar-refractivity contribution in [1.29, 1.82) is 0 Å². The number of aliphatic hydroxyl groups is 1. The van der Waals surface area contributed by atoms with Crippen LogP contribution in [-0.2, 0) is 9.53 Å². The molecule has 2 N–H and O–H groups in total. The van der Waals surface area contributed by atoms with Crippen LogP contribution < -0.4 is 5.32 Å². The number of methoxy groups -OCH3 is 1. The van der Waals surface area contributed by atoms with Gasteiger partial charge in [0.1, 0.15) is 6.04 Å². The molecule has 1 unspecified atom stereocenters. The van der Waals surface area contributed by atoms with E-state index in [1.807, 2.05) is 13.8 Å². The first-order valence-electron chi connectivity index (χ1n) is 5.31. The lowest BCUT2D eigenvalue weighted by Gasteiger charge is -2.22. The molecule has 90 valence electrons. The second-order valence-corrected chi connectivity index (χ2v) is 4.76. The van der Waals surface area contributed by atoms with Crippen molar-refractivity contribution in [3.63, 3.8) is 0 Å². The zero-order chi connectivity index (χ0) is 12.1. The van der Waals surface area contributed by atoms with Gasteiger partial charge in [-0.05, 0) is 32.7 Å². The highest BCUT2D eigenvalue weighted by Crippen LogP contribution is 2.08. The molecule has 0 spiro atoms. The molecule has 0 radical (unpaired) electrons. The summed E-state index contributed by atoms with van der Waals surface area (Å²) in [6, 6.07) is -0.294. The van der Waals surface area contributed by atoms with Gasteiger partial charge >= 0.3 is 5.97 Å². The monoisotopic (exact) mass is 217 g/mol. The summed E-state index contributed by atoms with van der Waals surface area (Å²) < 4.78 is 4.69. The Bertz CT molecular complexity index is 196. The predicted octanol–water partition coefficient (Wildman–Crippen LogP) is 0.935. The summed E-state index contributed by atoms with van der Waals surface area (Å²) in [5.74, 6) is -0.0694. The molecule has 4 heteroatoms.